The Morgan fingerprint density at radius 1 is 0.958 bits per heavy atom. The van der Waals surface area contributed by atoms with Gasteiger partial charge in [-0.1, -0.05) is 71.4 Å². The molecule has 0 aliphatic carbocycles. The van der Waals surface area contributed by atoms with E-state index >= 15 is 0 Å². The molecular weight excluding hydrogens is 331 g/mol. The van der Waals surface area contributed by atoms with Gasteiger partial charge in [0.15, 0.2) is 0 Å². The second-order valence-corrected chi connectivity index (χ2v) is 8.04. The first-order valence-corrected chi connectivity index (χ1v) is 10.3. The fourth-order valence-electron chi connectivity index (χ4n) is 3.06. The summed E-state index contributed by atoms with van der Waals surface area (Å²) in [5.41, 5.74) is 1.14. The van der Waals surface area contributed by atoms with Gasteiger partial charge in [-0.25, -0.2) is 8.42 Å². The summed E-state index contributed by atoms with van der Waals surface area (Å²) in [7, 11) is -4.34. The van der Waals surface area contributed by atoms with Gasteiger partial charge in [-0.05, 0) is 42.4 Å². The summed E-state index contributed by atoms with van der Waals surface area (Å²) in [6, 6.07) is 6.47. The zero-order valence-electron chi connectivity index (χ0n) is 15.8. The van der Waals surface area contributed by atoms with Crippen molar-refractivity contribution in [2.45, 2.75) is 83.0 Å². The first-order valence-electron chi connectivity index (χ1n) is 8.94. The van der Waals surface area contributed by atoms with Gasteiger partial charge in [0.05, 0.1) is 4.90 Å². The molecule has 1 aromatic carbocycles. The summed E-state index contributed by atoms with van der Waals surface area (Å²) in [4.78, 5) is -0.139. The quantitative estimate of drug-likeness (QED) is 0.345. The summed E-state index contributed by atoms with van der Waals surface area (Å²) >= 11 is 0. The molecule has 0 radical (unpaired) electrons. The standard InChI is InChI=1S/C19H32O3S.Na/c1-4-6-7-8-9-16(3)10-11-17(5-2)18-12-14-19(15-13-18)23(20,21)22;/h12-17H,4-11H2,1-3H3,(H,20,21,22);/q;+1/p-1. The van der Waals surface area contributed by atoms with Crippen molar-refractivity contribution < 1.29 is 42.5 Å². The van der Waals surface area contributed by atoms with E-state index in [1.165, 1.54) is 50.7 Å². The molecule has 0 aliphatic heterocycles. The minimum atomic E-state index is -4.34. The predicted molar refractivity (Wildman–Crippen MR) is 94.6 cm³/mol. The maximum absolute atomic E-state index is 11.0. The molecule has 1 aromatic rings. The third-order valence-corrected chi connectivity index (χ3v) is 5.54. The third-order valence-electron chi connectivity index (χ3n) is 4.69. The average Bonchev–Trinajstić information content (AvgIpc) is 2.52. The Morgan fingerprint density at radius 2 is 1.58 bits per heavy atom. The third kappa shape index (κ3) is 9.00. The van der Waals surface area contributed by atoms with Gasteiger partial charge >= 0.3 is 29.6 Å². The van der Waals surface area contributed by atoms with Crippen LogP contribution in [0, 0.1) is 5.92 Å². The minimum Gasteiger partial charge on any atom is -0.744 e. The van der Waals surface area contributed by atoms with Crippen LogP contribution in [0.1, 0.15) is 83.6 Å². The minimum absolute atomic E-state index is 0. The van der Waals surface area contributed by atoms with E-state index in [0.29, 0.717) is 5.92 Å². The van der Waals surface area contributed by atoms with Crippen molar-refractivity contribution in [3.63, 3.8) is 0 Å². The molecule has 0 bridgehead atoms. The van der Waals surface area contributed by atoms with E-state index in [4.69, 9.17) is 0 Å². The van der Waals surface area contributed by atoms with Crippen molar-refractivity contribution in [2.24, 2.45) is 5.92 Å². The summed E-state index contributed by atoms with van der Waals surface area (Å²) in [6.45, 7) is 6.72. The number of benzene rings is 1. The van der Waals surface area contributed by atoms with E-state index in [-0.39, 0.29) is 34.5 Å². The topological polar surface area (TPSA) is 57.2 Å². The SMILES string of the molecule is CCCCCCC(C)CCC(CC)c1ccc(S(=O)(=O)[O-])cc1.[Na+]. The molecular formula is C19H31NaO3S. The van der Waals surface area contributed by atoms with E-state index in [9.17, 15) is 13.0 Å². The van der Waals surface area contributed by atoms with E-state index in [1.54, 1.807) is 12.1 Å². The molecule has 0 heterocycles. The molecule has 1 rings (SSSR count). The first kappa shape index (κ1) is 24.1. The van der Waals surface area contributed by atoms with Gasteiger partial charge in [0, 0.05) is 0 Å². The van der Waals surface area contributed by atoms with Crippen LogP contribution < -0.4 is 29.6 Å². The Balaban J connectivity index is 0.00000529. The van der Waals surface area contributed by atoms with E-state index in [2.05, 4.69) is 20.8 Å². The van der Waals surface area contributed by atoms with Crippen LogP contribution in [-0.4, -0.2) is 13.0 Å². The van der Waals surface area contributed by atoms with Crippen LogP contribution in [0.25, 0.3) is 0 Å². The Hall–Kier alpha value is 0.130. The normalized spacial score (nSPS) is 14.0. The Morgan fingerprint density at radius 3 is 2.08 bits per heavy atom. The van der Waals surface area contributed by atoms with Crippen LogP contribution in [0.15, 0.2) is 29.2 Å². The molecule has 132 valence electrons. The van der Waals surface area contributed by atoms with Gasteiger partial charge in [0.1, 0.15) is 10.1 Å². The number of rotatable bonds is 11. The number of hydrogen-bond acceptors (Lipinski definition) is 3. The van der Waals surface area contributed by atoms with Crippen LogP contribution in [0.2, 0.25) is 0 Å². The maximum Gasteiger partial charge on any atom is 1.00 e. The van der Waals surface area contributed by atoms with Crippen molar-refractivity contribution in [1.82, 2.24) is 0 Å². The molecule has 24 heavy (non-hydrogen) atoms. The Labute approximate surface area is 170 Å². The second-order valence-electron chi connectivity index (χ2n) is 6.66. The molecule has 0 aromatic heterocycles. The Kier molecular flexibility index (Phi) is 12.5. The molecule has 0 N–H and O–H groups in total. The summed E-state index contributed by atoms with van der Waals surface area (Å²) < 4.78 is 33.0. The van der Waals surface area contributed by atoms with Crippen molar-refractivity contribution in [3.05, 3.63) is 29.8 Å². The molecule has 0 fully saturated rings. The predicted octanol–water partition coefficient (Wildman–Crippen LogP) is 2.47. The van der Waals surface area contributed by atoms with Gasteiger partial charge in [0.2, 0.25) is 0 Å². The van der Waals surface area contributed by atoms with Crippen molar-refractivity contribution in [1.29, 1.82) is 0 Å². The molecule has 5 heteroatoms. The summed E-state index contributed by atoms with van der Waals surface area (Å²) in [5, 5.41) is 0. The van der Waals surface area contributed by atoms with Crippen molar-refractivity contribution in [3.8, 4) is 0 Å². The zero-order valence-corrected chi connectivity index (χ0v) is 18.6. The zero-order chi connectivity index (χ0) is 17.3. The van der Waals surface area contributed by atoms with Crippen LogP contribution in [0.5, 0.6) is 0 Å². The smallest absolute Gasteiger partial charge is 0.744 e. The van der Waals surface area contributed by atoms with Crippen molar-refractivity contribution >= 4 is 10.1 Å². The molecule has 0 amide bonds. The van der Waals surface area contributed by atoms with Crippen LogP contribution >= 0.6 is 0 Å². The molecule has 2 atom stereocenters. The number of hydrogen-bond donors (Lipinski definition) is 0. The fraction of sp³-hybridized carbons (Fsp3) is 0.684. The van der Waals surface area contributed by atoms with Gasteiger partial charge in [-0.15, -0.1) is 0 Å². The average molecular weight is 363 g/mol. The molecule has 0 spiro atoms. The molecule has 0 aliphatic rings. The maximum atomic E-state index is 11.0. The number of unbranched alkanes of at least 4 members (excludes halogenated alkanes) is 3. The molecule has 2 unspecified atom stereocenters. The monoisotopic (exact) mass is 362 g/mol. The Bertz CT molecular complexity index is 540. The first-order chi connectivity index (χ1) is 10.9. The van der Waals surface area contributed by atoms with E-state index in [0.717, 1.165) is 24.3 Å². The summed E-state index contributed by atoms with van der Waals surface area (Å²) in [5.74, 6) is 1.18. The van der Waals surface area contributed by atoms with E-state index in [1.807, 2.05) is 0 Å². The fourth-order valence-corrected chi connectivity index (χ4v) is 3.53. The molecule has 0 saturated carbocycles. The van der Waals surface area contributed by atoms with Gasteiger partial charge in [-0.2, -0.15) is 0 Å². The molecule has 0 saturated heterocycles. The summed E-state index contributed by atoms with van der Waals surface area (Å²) in [6.07, 6.45) is 9.92. The van der Waals surface area contributed by atoms with Crippen LogP contribution in [0.3, 0.4) is 0 Å². The van der Waals surface area contributed by atoms with Crippen LogP contribution in [-0.2, 0) is 10.1 Å². The van der Waals surface area contributed by atoms with Gasteiger partial charge < -0.3 is 4.55 Å². The van der Waals surface area contributed by atoms with Crippen LogP contribution in [0.4, 0.5) is 0 Å². The van der Waals surface area contributed by atoms with Gasteiger partial charge in [0.25, 0.3) is 0 Å². The molecule has 3 nitrogen and oxygen atoms in total. The van der Waals surface area contributed by atoms with Crippen molar-refractivity contribution in [2.75, 3.05) is 0 Å². The second kappa shape index (κ2) is 12.5. The van der Waals surface area contributed by atoms with Gasteiger partial charge in [-0.3, -0.25) is 0 Å². The van der Waals surface area contributed by atoms with E-state index < -0.39 is 10.1 Å². The largest absolute Gasteiger partial charge is 1.00 e.